The first kappa shape index (κ1) is 16.0. The molecule has 1 amide bonds. The van der Waals surface area contributed by atoms with Gasteiger partial charge in [0.15, 0.2) is 0 Å². The van der Waals surface area contributed by atoms with Crippen molar-refractivity contribution in [3.8, 4) is 11.5 Å². The first-order valence-electron chi connectivity index (χ1n) is 6.39. The van der Waals surface area contributed by atoms with Crippen molar-refractivity contribution in [1.29, 1.82) is 0 Å². The molecule has 0 aliphatic carbocycles. The highest BCUT2D eigenvalue weighted by molar-refractivity contribution is 6.07. The Labute approximate surface area is 130 Å². The van der Waals surface area contributed by atoms with Gasteiger partial charge in [-0.15, -0.1) is 0 Å². The highest BCUT2D eigenvalue weighted by Crippen LogP contribution is 2.31. The number of primary amides is 1. The maximum atomic E-state index is 11.4. The minimum Gasteiger partial charge on any atom is -0.477 e. The van der Waals surface area contributed by atoms with Crippen LogP contribution in [0, 0.1) is 17.0 Å². The maximum Gasteiger partial charge on any atom is 0.343 e. The number of rotatable bonds is 5. The normalized spacial score (nSPS) is 10.1. The van der Waals surface area contributed by atoms with Crippen molar-refractivity contribution in [1.82, 2.24) is 0 Å². The molecule has 0 aromatic heterocycles. The van der Waals surface area contributed by atoms with Crippen LogP contribution in [0.2, 0.25) is 0 Å². The van der Waals surface area contributed by atoms with Crippen molar-refractivity contribution in [2.24, 2.45) is 5.73 Å². The Morgan fingerprint density at radius 2 is 1.91 bits per heavy atom. The average Bonchev–Trinajstić information content (AvgIpc) is 2.45. The fourth-order valence-electron chi connectivity index (χ4n) is 2.04. The van der Waals surface area contributed by atoms with Gasteiger partial charge in [0.1, 0.15) is 17.1 Å². The third kappa shape index (κ3) is 3.43. The van der Waals surface area contributed by atoms with Gasteiger partial charge < -0.3 is 15.6 Å². The van der Waals surface area contributed by atoms with Gasteiger partial charge in [0.25, 0.3) is 5.69 Å². The van der Waals surface area contributed by atoms with Crippen molar-refractivity contribution in [3.63, 3.8) is 0 Å². The minimum absolute atomic E-state index is 0.0545. The molecule has 2 aromatic rings. The first-order chi connectivity index (χ1) is 10.8. The second-order valence-corrected chi connectivity index (χ2v) is 4.71. The summed E-state index contributed by atoms with van der Waals surface area (Å²) >= 11 is 0. The van der Waals surface area contributed by atoms with E-state index in [0.717, 1.165) is 17.7 Å². The lowest BCUT2D eigenvalue weighted by Gasteiger charge is -2.10. The Morgan fingerprint density at radius 3 is 2.43 bits per heavy atom. The molecule has 23 heavy (non-hydrogen) atoms. The smallest absolute Gasteiger partial charge is 0.343 e. The Kier molecular flexibility index (Phi) is 4.26. The second-order valence-electron chi connectivity index (χ2n) is 4.71. The second kappa shape index (κ2) is 6.14. The number of hydrogen-bond donors (Lipinski definition) is 2. The van der Waals surface area contributed by atoms with Gasteiger partial charge in [-0.1, -0.05) is 12.1 Å². The van der Waals surface area contributed by atoms with Gasteiger partial charge in [0.2, 0.25) is 5.91 Å². The van der Waals surface area contributed by atoms with Gasteiger partial charge in [0, 0.05) is 0 Å². The number of aryl methyl sites for hydroxylation is 1. The molecule has 2 aromatic carbocycles. The third-order valence-electron chi connectivity index (χ3n) is 2.99. The van der Waals surface area contributed by atoms with Gasteiger partial charge in [-0.2, -0.15) is 0 Å². The summed E-state index contributed by atoms with van der Waals surface area (Å²) in [4.78, 5) is 32.8. The van der Waals surface area contributed by atoms with Crippen LogP contribution in [0.15, 0.2) is 36.4 Å². The number of carboxylic acid groups (broad SMARTS) is 1. The number of benzene rings is 2. The standard InChI is InChI=1S/C15H12N2O6/c1-8-3-2-4-9(5-8)23-10-6-11(14(16)18)13(15(19)20)12(7-10)17(21)22/h2-7H,1H3,(H2,16,18)(H,19,20). The molecule has 0 atom stereocenters. The third-order valence-corrected chi connectivity index (χ3v) is 2.99. The van der Waals surface area contributed by atoms with Crippen molar-refractivity contribution < 1.29 is 24.4 Å². The molecule has 8 heteroatoms. The summed E-state index contributed by atoms with van der Waals surface area (Å²) < 4.78 is 5.47. The fraction of sp³-hybridized carbons (Fsp3) is 0.0667. The first-order valence-corrected chi connectivity index (χ1v) is 6.39. The molecule has 0 aliphatic heterocycles. The number of nitrogens with zero attached hydrogens (tertiary/aromatic N) is 1. The molecule has 0 spiro atoms. The number of carbonyl (C=O) groups is 2. The average molecular weight is 316 g/mol. The number of amides is 1. The summed E-state index contributed by atoms with van der Waals surface area (Å²) in [7, 11) is 0. The number of aromatic carboxylic acids is 1. The van der Waals surface area contributed by atoms with Crippen LogP contribution < -0.4 is 10.5 Å². The molecule has 118 valence electrons. The van der Waals surface area contributed by atoms with Crippen LogP contribution in [-0.4, -0.2) is 21.9 Å². The molecule has 0 unspecified atom stereocenters. The predicted molar refractivity (Wildman–Crippen MR) is 79.8 cm³/mol. The summed E-state index contributed by atoms with van der Waals surface area (Å²) in [5, 5.41) is 20.2. The summed E-state index contributed by atoms with van der Waals surface area (Å²) in [5.41, 5.74) is 4.00. The van der Waals surface area contributed by atoms with Crippen LogP contribution in [0.4, 0.5) is 5.69 Å². The molecule has 0 heterocycles. The topological polar surface area (TPSA) is 133 Å². The summed E-state index contributed by atoms with van der Waals surface area (Å²) in [6.07, 6.45) is 0. The SMILES string of the molecule is Cc1cccc(Oc2cc(C(N)=O)c(C(=O)O)c([N+](=O)[O-])c2)c1. The molecule has 0 fully saturated rings. The van der Waals surface area contributed by atoms with Gasteiger partial charge in [-0.3, -0.25) is 14.9 Å². The number of ether oxygens (including phenoxy) is 1. The number of hydrogen-bond acceptors (Lipinski definition) is 5. The lowest BCUT2D eigenvalue weighted by molar-refractivity contribution is -0.385. The number of carbonyl (C=O) groups excluding carboxylic acids is 1. The Bertz CT molecular complexity index is 780. The highest BCUT2D eigenvalue weighted by atomic mass is 16.6. The van der Waals surface area contributed by atoms with Gasteiger partial charge in [-0.05, 0) is 30.7 Å². The van der Waals surface area contributed by atoms with E-state index >= 15 is 0 Å². The molecule has 8 nitrogen and oxygen atoms in total. The van der Waals surface area contributed by atoms with Crippen molar-refractivity contribution in [2.45, 2.75) is 6.92 Å². The number of nitro groups is 1. The van der Waals surface area contributed by atoms with E-state index in [4.69, 9.17) is 15.6 Å². The van der Waals surface area contributed by atoms with Crippen LogP contribution in [0.25, 0.3) is 0 Å². The van der Waals surface area contributed by atoms with Gasteiger partial charge >= 0.3 is 5.97 Å². The number of nitro benzene ring substituents is 1. The quantitative estimate of drug-likeness (QED) is 0.643. The summed E-state index contributed by atoms with van der Waals surface area (Å²) in [6.45, 7) is 1.83. The molecule has 0 saturated carbocycles. The van der Waals surface area contributed by atoms with Crippen molar-refractivity contribution >= 4 is 17.6 Å². The van der Waals surface area contributed by atoms with E-state index in [1.165, 1.54) is 0 Å². The molecular weight excluding hydrogens is 304 g/mol. The highest BCUT2D eigenvalue weighted by Gasteiger charge is 2.28. The van der Waals surface area contributed by atoms with Crippen molar-refractivity contribution in [2.75, 3.05) is 0 Å². The van der Waals surface area contributed by atoms with Crippen LogP contribution >= 0.6 is 0 Å². The number of nitrogens with two attached hydrogens (primary N) is 1. The largest absolute Gasteiger partial charge is 0.477 e. The molecule has 0 radical (unpaired) electrons. The Hall–Kier alpha value is -3.42. The van der Waals surface area contributed by atoms with Gasteiger partial charge in [0.05, 0.1) is 16.6 Å². The molecule has 0 bridgehead atoms. The molecule has 0 aliphatic rings. The minimum atomic E-state index is -1.62. The summed E-state index contributed by atoms with van der Waals surface area (Å²) in [5.74, 6) is -2.38. The van der Waals surface area contributed by atoms with Crippen LogP contribution in [0.1, 0.15) is 26.3 Å². The Balaban J connectivity index is 2.59. The van der Waals surface area contributed by atoms with E-state index in [1.54, 1.807) is 18.2 Å². The van der Waals surface area contributed by atoms with E-state index in [9.17, 15) is 19.7 Å². The van der Waals surface area contributed by atoms with Gasteiger partial charge in [-0.25, -0.2) is 4.79 Å². The monoisotopic (exact) mass is 316 g/mol. The van der Waals surface area contributed by atoms with Crippen molar-refractivity contribution in [3.05, 3.63) is 63.2 Å². The Morgan fingerprint density at radius 1 is 1.22 bits per heavy atom. The molecule has 2 rings (SSSR count). The molecule has 0 saturated heterocycles. The van der Waals surface area contributed by atoms with Crippen LogP contribution in [0.3, 0.4) is 0 Å². The fourth-order valence-corrected chi connectivity index (χ4v) is 2.04. The van der Waals surface area contributed by atoms with E-state index in [-0.39, 0.29) is 5.75 Å². The zero-order valence-corrected chi connectivity index (χ0v) is 12.0. The molecule has 3 N–H and O–H groups in total. The zero-order valence-electron chi connectivity index (χ0n) is 12.0. The number of carboxylic acids is 1. The van der Waals surface area contributed by atoms with Crippen LogP contribution in [-0.2, 0) is 0 Å². The van der Waals surface area contributed by atoms with E-state index < -0.39 is 33.6 Å². The zero-order chi connectivity index (χ0) is 17.1. The summed E-state index contributed by atoms with van der Waals surface area (Å²) in [6, 6.07) is 8.87. The maximum absolute atomic E-state index is 11.4. The lowest BCUT2D eigenvalue weighted by atomic mass is 10.0. The molecular formula is C15H12N2O6. The van der Waals surface area contributed by atoms with E-state index in [1.807, 2.05) is 13.0 Å². The predicted octanol–water partition coefficient (Wildman–Crippen LogP) is 2.49. The lowest BCUT2D eigenvalue weighted by Crippen LogP contribution is -2.18. The van der Waals surface area contributed by atoms with E-state index in [2.05, 4.69) is 0 Å². The van der Waals surface area contributed by atoms with Crippen LogP contribution in [0.5, 0.6) is 11.5 Å². The van der Waals surface area contributed by atoms with E-state index in [0.29, 0.717) is 5.75 Å².